The molecular formula is C8H14O2S. The van der Waals surface area contributed by atoms with Crippen molar-refractivity contribution in [1.82, 2.24) is 0 Å². The quantitative estimate of drug-likeness (QED) is 0.652. The second kappa shape index (κ2) is 5.35. The molecule has 0 aliphatic heterocycles. The zero-order chi connectivity index (χ0) is 8.85. The maximum absolute atomic E-state index is 11.0. The van der Waals surface area contributed by atoms with Crippen LogP contribution in [0.2, 0.25) is 0 Å². The molecule has 0 fully saturated rings. The smallest absolute Gasteiger partial charge is 0.185 e. The Hall–Kier alpha value is -0.310. The first kappa shape index (κ1) is 10.7. The zero-order valence-electron chi connectivity index (χ0n) is 7.22. The fourth-order valence-corrected chi connectivity index (χ4v) is 1.17. The molecule has 11 heavy (non-hydrogen) atoms. The van der Waals surface area contributed by atoms with Gasteiger partial charge in [0.25, 0.3) is 0 Å². The van der Waals surface area contributed by atoms with E-state index in [1.54, 1.807) is 0 Å². The number of carbonyl (C=O) groups is 2. The van der Waals surface area contributed by atoms with Crippen LogP contribution in [-0.4, -0.2) is 16.7 Å². The Morgan fingerprint density at radius 2 is 1.91 bits per heavy atom. The van der Waals surface area contributed by atoms with Crippen LogP contribution in [-0.2, 0) is 9.59 Å². The maximum atomic E-state index is 11.0. The monoisotopic (exact) mass is 174 g/mol. The molecule has 0 aromatic rings. The van der Waals surface area contributed by atoms with Crippen molar-refractivity contribution in [3.05, 3.63) is 0 Å². The summed E-state index contributed by atoms with van der Waals surface area (Å²) < 4.78 is 0. The van der Waals surface area contributed by atoms with Gasteiger partial charge in [-0.2, -0.15) is 0 Å². The summed E-state index contributed by atoms with van der Waals surface area (Å²) in [6, 6.07) is 0. The Labute approximate surface area is 71.7 Å². The van der Waals surface area contributed by atoms with Gasteiger partial charge in [0, 0.05) is 25.0 Å². The predicted octanol–water partition coefficient (Wildman–Crippen LogP) is 1.88. The summed E-state index contributed by atoms with van der Waals surface area (Å²) in [5, 5.41) is 0.0848. The van der Waals surface area contributed by atoms with E-state index in [9.17, 15) is 9.59 Å². The van der Waals surface area contributed by atoms with Crippen LogP contribution in [0.15, 0.2) is 0 Å². The van der Waals surface area contributed by atoms with Gasteiger partial charge in [-0.1, -0.05) is 25.6 Å². The van der Waals surface area contributed by atoms with Crippen LogP contribution >= 0.6 is 11.8 Å². The minimum Gasteiger partial charge on any atom is -0.299 e. The van der Waals surface area contributed by atoms with Gasteiger partial charge in [-0.3, -0.25) is 9.59 Å². The Morgan fingerprint density at radius 3 is 2.27 bits per heavy atom. The number of Topliss-reactive ketones (excluding diaryl/α,β-unsaturated/α-hetero) is 1. The summed E-state index contributed by atoms with van der Waals surface area (Å²) in [4.78, 5) is 21.4. The van der Waals surface area contributed by atoms with Gasteiger partial charge in [0.05, 0.1) is 0 Å². The molecule has 64 valence electrons. The average molecular weight is 174 g/mol. The molecule has 3 heteroatoms. The van der Waals surface area contributed by atoms with Crippen LogP contribution in [0.3, 0.4) is 0 Å². The minimum atomic E-state index is 0.0848. The zero-order valence-corrected chi connectivity index (χ0v) is 8.03. The van der Waals surface area contributed by atoms with Crippen molar-refractivity contribution < 1.29 is 9.59 Å². The summed E-state index contributed by atoms with van der Waals surface area (Å²) in [7, 11) is 0. The van der Waals surface area contributed by atoms with Gasteiger partial charge >= 0.3 is 0 Å². The lowest BCUT2D eigenvalue weighted by molar-refractivity contribution is -0.121. The van der Waals surface area contributed by atoms with Crippen molar-refractivity contribution in [1.29, 1.82) is 0 Å². The van der Waals surface area contributed by atoms with Crippen LogP contribution in [0.1, 0.15) is 27.2 Å². The van der Waals surface area contributed by atoms with Gasteiger partial charge in [0.1, 0.15) is 5.78 Å². The second-order valence-corrected chi connectivity index (χ2v) is 3.98. The Bertz CT molecular complexity index is 152. The molecule has 0 radical (unpaired) electrons. The molecule has 0 bridgehead atoms. The number of ketones is 1. The van der Waals surface area contributed by atoms with Gasteiger partial charge in [0.2, 0.25) is 0 Å². The molecule has 0 unspecified atom stereocenters. The molecule has 0 heterocycles. The first-order valence-electron chi connectivity index (χ1n) is 3.70. The predicted molar refractivity (Wildman–Crippen MR) is 47.6 cm³/mol. The standard InChI is InChI=1S/C8H14O2S/c1-6(2)8(10)4-5-11-7(3)9/h6H,4-5H2,1-3H3. The average Bonchev–Trinajstić information content (AvgIpc) is 1.86. The van der Waals surface area contributed by atoms with Crippen LogP contribution in [0.5, 0.6) is 0 Å². The van der Waals surface area contributed by atoms with Crippen LogP contribution in [0, 0.1) is 5.92 Å². The highest BCUT2D eigenvalue weighted by Crippen LogP contribution is 2.06. The first-order valence-corrected chi connectivity index (χ1v) is 4.68. The molecule has 0 atom stereocenters. The summed E-state index contributed by atoms with van der Waals surface area (Å²) in [5.41, 5.74) is 0. The Kier molecular flexibility index (Phi) is 5.20. The SMILES string of the molecule is CC(=O)SCCC(=O)C(C)C. The van der Waals surface area contributed by atoms with Crippen molar-refractivity contribution in [2.75, 3.05) is 5.75 Å². The number of hydrogen-bond acceptors (Lipinski definition) is 3. The van der Waals surface area contributed by atoms with E-state index in [1.165, 1.54) is 18.7 Å². The van der Waals surface area contributed by atoms with Crippen molar-refractivity contribution in [3.63, 3.8) is 0 Å². The summed E-state index contributed by atoms with van der Waals surface area (Å²) in [5.74, 6) is 0.966. The highest BCUT2D eigenvalue weighted by Gasteiger charge is 2.06. The van der Waals surface area contributed by atoms with Gasteiger partial charge in [0.15, 0.2) is 5.12 Å². The third-order valence-electron chi connectivity index (χ3n) is 1.30. The van der Waals surface area contributed by atoms with Gasteiger partial charge in [-0.15, -0.1) is 0 Å². The molecule has 0 aromatic heterocycles. The largest absolute Gasteiger partial charge is 0.299 e. The van der Waals surface area contributed by atoms with Gasteiger partial charge in [-0.05, 0) is 0 Å². The van der Waals surface area contributed by atoms with Crippen LogP contribution < -0.4 is 0 Å². The number of thioether (sulfide) groups is 1. The summed E-state index contributed by atoms with van der Waals surface area (Å²) in [6.45, 7) is 5.27. The maximum Gasteiger partial charge on any atom is 0.185 e. The summed E-state index contributed by atoms with van der Waals surface area (Å²) >= 11 is 1.22. The number of rotatable bonds is 4. The molecule has 2 nitrogen and oxygen atoms in total. The lowest BCUT2D eigenvalue weighted by Gasteiger charge is -2.01. The molecule has 0 spiro atoms. The Morgan fingerprint density at radius 1 is 1.36 bits per heavy atom. The first-order chi connectivity index (χ1) is 5.04. The molecule has 0 saturated heterocycles. The van der Waals surface area contributed by atoms with Crippen molar-refractivity contribution in [3.8, 4) is 0 Å². The fraction of sp³-hybridized carbons (Fsp3) is 0.750. The molecule has 0 N–H and O–H groups in total. The van der Waals surface area contributed by atoms with Crippen molar-refractivity contribution in [2.45, 2.75) is 27.2 Å². The lowest BCUT2D eigenvalue weighted by Crippen LogP contribution is -2.07. The lowest BCUT2D eigenvalue weighted by atomic mass is 10.1. The van der Waals surface area contributed by atoms with Crippen LogP contribution in [0.4, 0.5) is 0 Å². The fourth-order valence-electron chi connectivity index (χ4n) is 0.584. The minimum absolute atomic E-state index is 0.0848. The highest BCUT2D eigenvalue weighted by molar-refractivity contribution is 8.13. The summed E-state index contributed by atoms with van der Waals surface area (Å²) in [6.07, 6.45) is 0.516. The highest BCUT2D eigenvalue weighted by atomic mass is 32.2. The van der Waals surface area contributed by atoms with Crippen molar-refractivity contribution >= 4 is 22.7 Å². The van der Waals surface area contributed by atoms with E-state index in [0.717, 1.165) is 0 Å². The molecule has 0 saturated carbocycles. The molecule has 0 amide bonds. The normalized spacial score (nSPS) is 10.2. The second-order valence-electron chi connectivity index (χ2n) is 2.71. The third-order valence-corrected chi connectivity index (χ3v) is 2.11. The molecular weight excluding hydrogens is 160 g/mol. The third kappa shape index (κ3) is 6.10. The van der Waals surface area contributed by atoms with E-state index in [1.807, 2.05) is 13.8 Å². The van der Waals surface area contributed by atoms with E-state index in [4.69, 9.17) is 0 Å². The van der Waals surface area contributed by atoms with Gasteiger partial charge < -0.3 is 0 Å². The topological polar surface area (TPSA) is 34.1 Å². The van der Waals surface area contributed by atoms with Crippen LogP contribution in [0.25, 0.3) is 0 Å². The van der Waals surface area contributed by atoms with E-state index in [0.29, 0.717) is 12.2 Å². The van der Waals surface area contributed by atoms with Gasteiger partial charge in [-0.25, -0.2) is 0 Å². The van der Waals surface area contributed by atoms with E-state index < -0.39 is 0 Å². The number of carbonyl (C=O) groups excluding carboxylic acids is 2. The Balaban J connectivity index is 3.39. The van der Waals surface area contributed by atoms with Crippen molar-refractivity contribution in [2.24, 2.45) is 5.92 Å². The molecule has 0 rings (SSSR count). The van der Waals surface area contributed by atoms with E-state index >= 15 is 0 Å². The number of hydrogen-bond donors (Lipinski definition) is 0. The molecule has 0 aromatic carbocycles. The van der Waals surface area contributed by atoms with E-state index in [2.05, 4.69) is 0 Å². The molecule has 0 aliphatic carbocycles. The van der Waals surface area contributed by atoms with E-state index in [-0.39, 0.29) is 16.8 Å². The molecule has 0 aliphatic rings.